The summed E-state index contributed by atoms with van der Waals surface area (Å²) in [5, 5.41) is 11.5. The van der Waals surface area contributed by atoms with E-state index in [9.17, 15) is 9.18 Å². The van der Waals surface area contributed by atoms with Gasteiger partial charge in [0.05, 0.1) is 10.9 Å². The second-order valence-electron chi connectivity index (χ2n) is 6.96. The highest BCUT2D eigenvalue weighted by atomic mass is 32.2. The zero-order valence-corrected chi connectivity index (χ0v) is 17.7. The second kappa shape index (κ2) is 9.57. The number of rotatable bonds is 7. The molecule has 0 aliphatic heterocycles. The van der Waals surface area contributed by atoms with Gasteiger partial charge in [0, 0.05) is 12.1 Å². The van der Waals surface area contributed by atoms with Crippen molar-refractivity contribution in [3.8, 4) is 5.69 Å². The molecule has 0 saturated carbocycles. The van der Waals surface area contributed by atoms with E-state index in [0.717, 1.165) is 17.1 Å². The number of para-hydroxylation sites is 2. The van der Waals surface area contributed by atoms with Gasteiger partial charge in [0.25, 0.3) is 0 Å². The van der Waals surface area contributed by atoms with Crippen LogP contribution in [0.1, 0.15) is 18.3 Å². The first kappa shape index (κ1) is 20.8. The van der Waals surface area contributed by atoms with Gasteiger partial charge in [-0.1, -0.05) is 72.4 Å². The van der Waals surface area contributed by atoms with Gasteiger partial charge in [-0.2, -0.15) is 0 Å². The van der Waals surface area contributed by atoms with Crippen LogP contribution in [0.25, 0.3) is 5.69 Å². The fourth-order valence-electron chi connectivity index (χ4n) is 3.11. The van der Waals surface area contributed by atoms with Crippen molar-refractivity contribution in [2.75, 3.05) is 5.32 Å². The number of amides is 1. The minimum absolute atomic E-state index is 0.161. The van der Waals surface area contributed by atoms with Crippen LogP contribution in [0, 0.1) is 5.82 Å². The summed E-state index contributed by atoms with van der Waals surface area (Å²) < 4.78 is 15.9. The topological polar surface area (TPSA) is 59.8 Å². The second-order valence-corrected chi connectivity index (χ2v) is 8.27. The maximum Gasteiger partial charge on any atom is 0.237 e. The predicted octanol–water partition coefficient (Wildman–Crippen LogP) is 5.12. The predicted molar refractivity (Wildman–Crippen MR) is 121 cm³/mol. The first-order valence-electron chi connectivity index (χ1n) is 9.87. The number of nitrogens with zero attached hydrogens (tertiary/aromatic N) is 3. The molecule has 1 heterocycles. The van der Waals surface area contributed by atoms with Crippen LogP contribution in [-0.2, 0) is 11.2 Å². The number of benzene rings is 3. The van der Waals surface area contributed by atoms with Gasteiger partial charge in [0.15, 0.2) is 5.16 Å². The number of aromatic nitrogens is 3. The number of anilines is 1. The summed E-state index contributed by atoms with van der Waals surface area (Å²) in [5.41, 5.74) is 2.20. The Morgan fingerprint density at radius 3 is 2.32 bits per heavy atom. The van der Waals surface area contributed by atoms with Crippen LogP contribution in [-0.4, -0.2) is 25.9 Å². The van der Waals surface area contributed by atoms with Crippen LogP contribution in [0.5, 0.6) is 0 Å². The largest absolute Gasteiger partial charge is 0.323 e. The van der Waals surface area contributed by atoms with Crippen LogP contribution in [0.2, 0.25) is 0 Å². The van der Waals surface area contributed by atoms with Crippen molar-refractivity contribution in [1.82, 2.24) is 14.8 Å². The third-order valence-electron chi connectivity index (χ3n) is 4.70. The molecule has 1 N–H and O–H groups in total. The van der Waals surface area contributed by atoms with Crippen LogP contribution in [0.3, 0.4) is 0 Å². The molecule has 4 rings (SSSR count). The van der Waals surface area contributed by atoms with Gasteiger partial charge in [0.1, 0.15) is 11.6 Å². The summed E-state index contributed by atoms with van der Waals surface area (Å²) in [6, 6.07) is 26.0. The molecule has 1 atom stereocenters. The van der Waals surface area contributed by atoms with Crippen molar-refractivity contribution in [3.05, 3.63) is 102 Å². The van der Waals surface area contributed by atoms with E-state index in [1.807, 2.05) is 65.2 Å². The molecule has 0 radical (unpaired) electrons. The SMILES string of the molecule is CC(Sc1nnc(Cc2ccccc2)n1-c1ccccc1)C(=O)Nc1ccccc1F. The smallest absolute Gasteiger partial charge is 0.237 e. The molecule has 1 amide bonds. The Kier molecular flexibility index (Phi) is 6.43. The number of hydrogen-bond acceptors (Lipinski definition) is 4. The van der Waals surface area contributed by atoms with Crippen molar-refractivity contribution >= 4 is 23.4 Å². The van der Waals surface area contributed by atoms with Gasteiger partial charge in [-0.3, -0.25) is 9.36 Å². The monoisotopic (exact) mass is 432 g/mol. The van der Waals surface area contributed by atoms with Gasteiger partial charge >= 0.3 is 0 Å². The van der Waals surface area contributed by atoms with Crippen LogP contribution >= 0.6 is 11.8 Å². The van der Waals surface area contributed by atoms with Gasteiger partial charge in [0.2, 0.25) is 5.91 Å². The van der Waals surface area contributed by atoms with E-state index in [2.05, 4.69) is 15.5 Å². The van der Waals surface area contributed by atoms with E-state index in [0.29, 0.717) is 11.6 Å². The lowest BCUT2D eigenvalue weighted by Crippen LogP contribution is -2.23. The lowest BCUT2D eigenvalue weighted by Gasteiger charge is -2.14. The van der Waals surface area contributed by atoms with E-state index in [1.165, 1.54) is 23.9 Å². The number of carbonyl (C=O) groups is 1. The van der Waals surface area contributed by atoms with Gasteiger partial charge in [-0.05, 0) is 36.8 Å². The highest BCUT2D eigenvalue weighted by Crippen LogP contribution is 2.27. The van der Waals surface area contributed by atoms with Crippen LogP contribution < -0.4 is 5.32 Å². The molecule has 3 aromatic carbocycles. The molecule has 0 saturated heterocycles. The molecule has 1 unspecified atom stereocenters. The van der Waals surface area contributed by atoms with E-state index < -0.39 is 11.1 Å². The fraction of sp³-hybridized carbons (Fsp3) is 0.125. The van der Waals surface area contributed by atoms with Gasteiger partial charge in [-0.15, -0.1) is 10.2 Å². The summed E-state index contributed by atoms with van der Waals surface area (Å²) in [5.74, 6) is 0.00887. The molecule has 4 aromatic rings. The van der Waals surface area contributed by atoms with Crippen LogP contribution in [0.4, 0.5) is 10.1 Å². The minimum atomic E-state index is -0.504. The average Bonchev–Trinajstić information content (AvgIpc) is 3.18. The van der Waals surface area contributed by atoms with Crippen molar-refractivity contribution in [2.24, 2.45) is 0 Å². The Labute approximate surface area is 184 Å². The molecular weight excluding hydrogens is 411 g/mol. The Morgan fingerprint density at radius 2 is 1.61 bits per heavy atom. The number of thioether (sulfide) groups is 1. The molecule has 0 fully saturated rings. The summed E-state index contributed by atoms with van der Waals surface area (Å²) >= 11 is 1.28. The van der Waals surface area contributed by atoms with Crippen molar-refractivity contribution in [3.63, 3.8) is 0 Å². The Hall–Kier alpha value is -3.45. The zero-order valence-electron chi connectivity index (χ0n) is 16.9. The number of hydrogen-bond donors (Lipinski definition) is 1. The third-order valence-corrected chi connectivity index (χ3v) is 5.75. The molecule has 156 valence electrons. The number of nitrogens with one attached hydrogen (secondary N) is 1. The van der Waals surface area contributed by atoms with E-state index in [4.69, 9.17) is 0 Å². The first-order valence-corrected chi connectivity index (χ1v) is 10.8. The highest BCUT2D eigenvalue weighted by Gasteiger charge is 2.22. The molecule has 1 aromatic heterocycles. The summed E-state index contributed by atoms with van der Waals surface area (Å²) in [6.07, 6.45) is 0.610. The van der Waals surface area contributed by atoms with Crippen molar-refractivity contribution in [2.45, 2.75) is 23.8 Å². The normalized spacial score (nSPS) is 11.8. The first-order chi connectivity index (χ1) is 15.1. The van der Waals surface area contributed by atoms with Crippen molar-refractivity contribution < 1.29 is 9.18 Å². The van der Waals surface area contributed by atoms with E-state index >= 15 is 0 Å². The standard InChI is InChI=1S/C24H21FN4OS/c1-17(23(30)26-21-15-9-8-14-20(21)25)31-24-28-27-22(16-18-10-4-2-5-11-18)29(24)19-12-6-3-7-13-19/h2-15,17H,16H2,1H3,(H,26,30). The van der Waals surface area contributed by atoms with Gasteiger partial charge in [-0.25, -0.2) is 4.39 Å². The average molecular weight is 433 g/mol. The molecular formula is C24H21FN4OS. The lowest BCUT2D eigenvalue weighted by atomic mass is 10.1. The Bertz CT molecular complexity index is 1160. The fourth-order valence-corrected chi connectivity index (χ4v) is 4.00. The Morgan fingerprint density at radius 1 is 0.968 bits per heavy atom. The molecule has 0 aliphatic carbocycles. The number of carbonyl (C=O) groups excluding carboxylic acids is 1. The Balaban J connectivity index is 1.59. The minimum Gasteiger partial charge on any atom is -0.323 e. The molecule has 0 spiro atoms. The maximum atomic E-state index is 13.9. The van der Waals surface area contributed by atoms with E-state index in [1.54, 1.807) is 19.1 Å². The maximum absolute atomic E-state index is 13.9. The van der Waals surface area contributed by atoms with Crippen molar-refractivity contribution in [1.29, 1.82) is 0 Å². The molecule has 0 aliphatic rings. The zero-order chi connectivity index (χ0) is 21.6. The molecule has 7 heteroatoms. The summed E-state index contributed by atoms with van der Waals surface area (Å²) in [6.45, 7) is 1.77. The summed E-state index contributed by atoms with van der Waals surface area (Å²) in [4.78, 5) is 12.7. The number of halogens is 1. The van der Waals surface area contributed by atoms with E-state index in [-0.39, 0.29) is 11.6 Å². The highest BCUT2D eigenvalue weighted by molar-refractivity contribution is 8.00. The molecule has 0 bridgehead atoms. The summed E-state index contributed by atoms with van der Waals surface area (Å²) in [7, 11) is 0. The molecule has 5 nitrogen and oxygen atoms in total. The van der Waals surface area contributed by atoms with Crippen LogP contribution in [0.15, 0.2) is 90.1 Å². The van der Waals surface area contributed by atoms with Gasteiger partial charge < -0.3 is 5.32 Å². The quantitative estimate of drug-likeness (QED) is 0.412. The molecule has 31 heavy (non-hydrogen) atoms. The third kappa shape index (κ3) is 5.00. The lowest BCUT2D eigenvalue weighted by molar-refractivity contribution is -0.115.